The standard InChI is InChI=1S/C21H13ClN4O5/c1-12(27)25-11-14(19(24-25)13-5-3-2-4-6-13)9-18-21(28)31-20(23-18)16-10-15(26(29)30)7-8-17(16)22/h2-11H,1H3/b18-9+. The van der Waals surface area contributed by atoms with E-state index in [1.54, 1.807) is 0 Å². The summed E-state index contributed by atoms with van der Waals surface area (Å²) in [6.07, 6.45) is 2.92. The smallest absolute Gasteiger partial charge is 0.363 e. The summed E-state index contributed by atoms with van der Waals surface area (Å²) in [5, 5.41) is 15.5. The van der Waals surface area contributed by atoms with Crippen molar-refractivity contribution in [2.45, 2.75) is 6.92 Å². The van der Waals surface area contributed by atoms with Crippen molar-refractivity contribution in [1.82, 2.24) is 9.78 Å². The number of carbonyl (C=O) groups excluding carboxylic acids is 2. The molecule has 0 fully saturated rings. The molecule has 0 spiro atoms. The highest BCUT2D eigenvalue weighted by molar-refractivity contribution is 6.34. The number of aromatic nitrogens is 2. The Kier molecular flexibility index (Phi) is 5.18. The molecule has 0 radical (unpaired) electrons. The Balaban J connectivity index is 1.79. The van der Waals surface area contributed by atoms with Crippen molar-refractivity contribution in [2.24, 2.45) is 4.99 Å². The summed E-state index contributed by atoms with van der Waals surface area (Å²) in [6.45, 7) is 1.36. The maximum absolute atomic E-state index is 12.4. The van der Waals surface area contributed by atoms with E-state index < -0.39 is 10.9 Å². The third-order valence-corrected chi connectivity index (χ3v) is 4.75. The number of benzene rings is 2. The highest BCUT2D eigenvalue weighted by Crippen LogP contribution is 2.29. The number of nitrogens with zero attached hydrogens (tertiary/aromatic N) is 4. The lowest BCUT2D eigenvalue weighted by Crippen LogP contribution is -2.06. The van der Waals surface area contributed by atoms with Crippen LogP contribution in [0.5, 0.6) is 0 Å². The van der Waals surface area contributed by atoms with Gasteiger partial charge in [0.15, 0.2) is 5.70 Å². The molecule has 4 rings (SSSR count). The molecule has 2 aromatic carbocycles. The van der Waals surface area contributed by atoms with E-state index in [2.05, 4.69) is 10.1 Å². The van der Waals surface area contributed by atoms with Gasteiger partial charge in [0.2, 0.25) is 11.8 Å². The summed E-state index contributed by atoms with van der Waals surface area (Å²) in [5.74, 6) is -1.21. The number of esters is 1. The molecule has 1 aliphatic rings. The van der Waals surface area contributed by atoms with Gasteiger partial charge >= 0.3 is 5.97 Å². The number of carbonyl (C=O) groups is 2. The van der Waals surface area contributed by atoms with E-state index in [4.69, 9.17) is 16.3 Å². The molecule has 154 valence electrons. The average molecular weight is 437 g/mol. The molecule has 9 nitrogen and oxygen atoms in total. The van der Waals surface area contributed by atoms with Gasteiger partial charge in [0.1, 0.15) is 5.69 Å². The number of hydrogen-bond acceptors (Lipinski definition) is 7. The molecule has 3 aromatic rings. The topological polar surface area (TPSA) is 117 Å². The molecule has 1 aromatic heterocycles. The molecule has 0 bridgehead atoms. The average Bonchev–Trinajstić information content (AvgIpc) is 3.33. The predicted molar refractivity (Wildman–Crippen MR) is 113 cm³/mol. The number of non-ortho nitro benzene ring substituents is 1. The minimum atomic E-state index is -0.757. The Bertz CT molecular complexity index is 1290. The van der Waals surface area contributed by atoms with Crippen LogP contribution < -0.4 is 0 Å². The van der Waals surface area contributed by atoms with Gasteiger partial charge in [-0.05, 0) is 12.1 Å². The lowest BCUT2D eigenvalue weighted by molar-refractivity contribution is -0.384. The van der Waals surface area contributed by atoms with Crippen molar-refractivity contribution in [3.05, 3.63) is 86.7 Å². The molecule has 0 atom stereocenters. The normalized spacial score (nSPS) is 14.5. The second-order valence-electron chi connectivity index (χ2n) is 6.52. The summed E-state index contributed by atoms with van der Waals surface area (Å²) < 4.78 is 6.35. The Morgan fingerprint density at radius 1 is 1.23 bits per heavy atom. The maximum Gasteiger partial charge on any atom is 0.363 e. The van der Waals surface area contributed by atoms with Gasteiger partial charge in [-0.2, -0.15) is 5.10 Å². The van der Waals surface area contributed by atoms with Crippen LogP contribution in [0.15, 0.2) is 65.4 Å². The van der Waals surface area contributed by atoms with Crippen molar-refractivity contribution in [2.75, 3.05) is 0 Å². The van der Waals surface area contributed by atoms with Crippen molar-refractivity contribution in [1.29, 1.82) is 0 Å². The molecule has 0 saturated carbocycles. The lowest BCUT2D eigenvalue weighted by atomic mass is 10.1. The number of ether oxygens (including phenoxy) is 1. The highest BCUT2D eigenvalue weighted by Gasteiger charge is 2.28. The molecular weight excluding hydrogens is 424 g/mol. The first kappa shape index (κ1) is 20.2. The van der Waals surface area contributed by atoms with Crippen LogP contribution in [0.4, 0.5) is 5.69 Å². The van der Waals surface area contributed by atoms with Crippen LogP contribution in [0.2, 0.25) is 5.02 Å². The number of aliphatic imine (C=N–C) groups is 1. The number of hydrogen-bond donors (Lipinski definition) is 0. The van der Waals surface area contributed by atoms with E-state index in [1.807, 2.05) is 30.3 Å². The number of rotatable bonds is 4. The third-order valence-electron chi connectivity index (χ3n) is 4.42. The highest BCUT2D eigenvalue weighted by atomic mass is 35.5. The molecule has 1 aliphatic heterocycles. The van der Waals surface area contributed by atoms with Gasteiger partial charge in [-0.1, -0.05) is 41.9 Å². The van der Waals surface area contributed by atoms with Gasteiger partial charge in [0.05, 0.1) is 15.5 Å². The van der Waals surface area contributed by atoms with Gasteiger partial charge in [0.25, 0.3) is 5.69 Å². The zero-order valence-corrected chi connectivity index (χ0v) is 16.7. The van der Waals surface area contributed by atoms with Gasteiger partial charge < -0.3 is 4.74 Å². The summed E-state index contributed by atoms with van der Waals surface area (Å²) >= 11 is 6.11. The van der Waals surface area contributed by atoms with Gasteiger partial charge in [-0.25, -0.2) is 14.5 Å². The zero-order valence-electron chi connectivity index (χ0n) is 16.0. The van der Waals surface area contributed by atoms with E-state index in [-0.39, 0.29) is 33.8 Å². The van der Waals surface area contributed by atoms with Crippen LogP contribution in [-0.4, -0.2) is 32.5 Å². The van der Waals surface area contributed by atoms with Crippen molar-refractivity contribution in [3.63, 3.8) is 0 Å². The first-order chi connectivity index (χ1) is 14.8. The molecule has 0 N–H and O–H groups in total. The minimum absolute atomic E-state index is 0.0575. The number of halogens is 1. The summed E-state index contributed by atoms with van der Waals surface area (Å²) in [7, 11) is 0. The van der Waals surface area contributed by atoms with E-state index in [1.165, 1.54) is 37.4 Å². The second kappa shape index (κ2) is 7.96. The second-order valence-corrected chi connectivity index (χ2v) is 6.93. The van der Waals surface area contributed by atoms with Crippen LogP contribution in [-0.2, 0) is 9.53 Å². The molecule has 10 heteroatoms. The molecule has 0 amide bonds. The molecule has 0 unspecified atom stereocenters. The first-order valence-corrected chi connectivity index (χ1v) is 9.34. The van der Waals surface area contributed by atoms with Crippen LogP contribution in [0, 0.1) is 10.1 Å². The zero-order chi connectivity index (χ0) is 22.1. The minimum Gasteiger partial charge on any atom is -0.402 e. The van der Waals surface area contributed by atoms with E-state index in [9.17, 15) is 19.7 Å². The fraction of sp³-hybridized carbons (Fsp3) is 0.0476. The predicted octanol–water partition coefficient (Wildman–Crippen LogP) is 4.12. The monoisotopic (exact) mass is 436 g/mol. The fourth-order valence-corrected chi connectivity index (χ4v) is 3.14. The molecule has 0 saturated heterocycles. The van der Waals surface area contributed by atoms with Crippen LogP contribution in [0.1, 0.15) is 22.8 Å². The quantitative estimate of drug-likeness (QED) is 0.263. The molecule has 2 heterocycles. The number of nitro groups is 1. The summed E-state index contributed by atoms with van der Waals surface area (Å²) in [5.41, 5.74) is 1.54. The van der Waals surface area contributed by atoms with Crippen molar-refractivity contribution in [3.8, 4) is 11.3 Å². The number of nitro benzene ring substituents is 1. The third kappa shape index (κ3) is 3.99. The van der Waals surface area contributed by atoms with Crippen molar-refractivity contribution < 1.29 is 19.2 Å². The van der Waals surface area contributed by atoms with Gasteiger partial charge in [-0.15, -0.1) is 0 Å². The number of cyclic esters (lactones) is 1. The van der Waals surface area contributed by atoms with Crippen LogP contribution in [0.3, 0.4) is 0 Å². The van der Waals surface area contributed by atoms with Crippen molar-refractivity contribution >= 4 is 41.1 Å². The fourth-order valence-electron chi connectivity index (χ4n) is 2.94. The Morgan fingerprint density at radius 2 is 1.97 bits per heavy atom. The van der Waals surface area contributed by atoms with Crippen LogP contribution >= 0.6 is 11.6 Å². The van der Waals surface area contributed by atoms with Crippen LogP contribution in [0.25, 0.3) is 17.3 Å². The maximum atomic E-state index is 12.4. The SMILES string of the molecule is CC(=O)n1cc(/C=C2/N=C(c3cc([N+](=O)[O-])ccc3Cl)OC2=O)c(-c2ccccc2)n1. The Hall–Kier alpha value is -4.11. The largest absolute Gasteiger partial charge is 0.402 e. The van der Waals surface area contributed by atoms with E-state index in [0.717, 1.165) is 10.2 Å². The summed E-state index contributed by atoms with van der Waals surface area (Å²) in [4.78, 5) is 38.8. The van der Waals surface area contributed by atoms with Gasteiger partial charge in [-0.3, -0.25) is 14.9 Å². The first-order valence-electron chi connectivity index (χ1n) is 8.96. The molecular formula is C21H13ClN4O5. The molecule has 31 heavy (non-hydrogen) atoms. The lowest BCUT2D eigenvalue weighted by Gasteiger charge is -2.02. The Morgan fingerprint density at radius 3 is 2.65 bits per heavy atom. The Labute approximate surface area is 180 Å². The van der Waals surface area contributed by atoms with E-state index >= 15 is 0 Å². The molecule has 0 aliphatic carbocycles. The van der Waals surface area contributed by atoms with E-state index in [0.29, 0.717) is 11.3 Å². The summed E-state index contributed by atoms with van der Waals surface area (Å²) in [6, 6.07) is 12.9. The van der Waals surface area contributed by atoms with Gasteiger partial charge in [0, 0.05) is 36.4 Å².